The molecule has 0 aliphatic heterocycles. The molecule has 2 rings (SSSR count). The van der Waals surface area contributed by atoms with Gasteiger partial charge in [0.05, 0.1) is 5.69 Å². The van der Waals surface area contributed by atoms with Crippen molar-refractivity contribution >= 4 is 28.5 Å². The summed E-state index contributed by atoms with van der Waals surface area (Å²) in [5, 5.41) is 3.10. The van der Waals surface area contributed by atoms with Crippen LogP contribution >= 0.6 is 11.8 Å². The zero-order valence-electron chi connectivity index (χ0n) is 12.0. The van der Waals surface area contributed by atoms with Gasteiger partial charge < -0.3 is 5.32 Å². The molecular weight excluding hydrogens is 270 g/mol. The van der Waals surface area contributed by atoms with Crippen LogP contribution in [0.1, 0.15) is 39.5 Å². The van der Waals surface area contributed by atoms with Crippen molar-refractivity contribution in [1.82, 2.24) is 0 Å². The summed E-state index contributed by atoms with van der Waals surface area (Å²) >= 11 is 1.21. The quantitative estimate of drug-likeness (QED) is 0.850. The Bertz CT molecular complexity index is 493. The SMILES string of the molecule is CC(C)C(=O)Sc1ccccc1NC(=O)C1CCCC1. The number of amides is 1. The molecule has 108 valence electrons. The zero-order valence-corrected chi connectivity index (χ0v) is 12.8. The Morgan fingerprint density at radius 3 is 2.50 bits per heavy atom. The maximum absolute atomic E-state index is 12.2. The number of carbonyl (C=O) groups excluding carboxylic acids is 2. The molecule has 0 saturated heterocycles. The van der Waals surface area contributed by atoms with Crippen molar-refractivity contribution < 1.29 is 9.59 Å². The molecule has 1 amide bonds. The molecule has 4 heteroatoms. The number of anilines is 1. The topological polar surface area (TPSA) is 46.2 Å². The van der Waals surface area contributed by atoms with Crippen LogP contribution < -0.4 is 5.32 Å². The van der Waals surface area contributed by atoms with E-state index in [4.69, 9.17) is 0 Å². The first-order valence-corrected chi connectivity index (χ1v) is 8.01. The highest BCUT2D eigenvalue weighted by molar-refractivity contribution is 8.13. The lowest BCUT2D eigenvalue weighted by Crippen LogP contribution is -2.20. The van der Waals surface area contributed by atoms with Gasteiger partial charge in [-0.25, -0.2) is 0 Å². The van der Waals surface area contributed by atoms with Crippen molar-refractivity contribution in [1.29, 1.82) is 0 Å². The van der Waals surface area contributed by atoms with Crippen LogP contribution in [0.25, 0.3) is 0 Å². The lowest BCUT2D eigenvalue weighted by Gasteiger charge is -2.13. The Morgan fingerprint density at radius 2 is 1.85 bits per heavy atom. The maximum atomic E-state index is 12.2. The van der Waals surface area contributed by atoms with Crippen LogP contribution in [0.15, 0.2) is 29.2 Å². The van der Waals surface area contributed by atoms with Crippen LogP contribution in [0.4, 0.5) is 5.69 Å². The predicted octanol–water partition coefficient (Wildman–Crippen LogP) is 4.09. The number of hydrogen-bond donors (Lipinski definition) is 1. The lowest BCUT2D eigenvalue weighted by molar-refractivity contribution is -0.119. The van der Waals surface area contributed by atoms with Gasteiger partial charge in [-0.15, -0.1) is 0 Å². The average Bonchev–Trinajstić information content (AvgIpc) is 2.94. The van der Waals surface area contributed by atoms with Gasteiger partial charge in [0.25, 0.3) is 0 Å². The second-order valence-electron chi connectivity index (χ2n) is 5.54. The summed E-state index contributed by atoms with van der Waals surface area (Å²) in [6, 6.07) is 7.52. The van der Waals surface area contributed by atoms with Gasteiger partial charge in [-0.05, 0) is 36.7 Å². The van der Waals surface area contributed by atoms with Crippen LogP contribution in [0.3, 0.4) is 0 Å². The van der Waals surface area contributed by atoms with E-state index >= 15 is 0 Å². The number of rotatable bonds is 4. The Hall–Kier alpha value is -1.29. The maximum Gasteiger partial charge on any atom is 0.227 e. The fourth-order valence-corrected chi connectivity index (χ4v) is 3.14. The predicted molar refractivity (Wildman–Crippen MR) is 82.7 cm³/mol. The highest BCUT2D eigenvalue weighted by Crippen LogP contribution is 2.31. The molecule has 0 heterocycles. The van der Waals surface area contributed by atoms with Gasteiger partial charge in [0.2, 0.25) is 5.91 Å². The summed E-state index contributed by atoms with van der Waals surface area (Å²) in [6.07, 6.45) is 4.23. The summed E-state index contributed by atoms with van der Waals surface area (Å²) in [6.45, 7) is 3.77. The standard InChI is InChI=1S/C16H21NO2S/c1-11(2)16(19)20-14-10-6-5-9-13(14)17-15(18)12-7-3-4-8-12/h5-6,9-12H,3-4,7-8H2,1-2H3,(H,17,18). The summed E-state index contributed by atoms with van der Waals surface area (Å²) in [5.74, 6) is 0.208. The van der Waals surface area contributed by atoms with Gasteiger partial charge in [-0.1, -0.05) is 38.8 Å². The molecule has 0 bridgehead atoms. The van der Waals surface area contributed by atoms with E-state index in [1.807, 2.05) is 38.1 Å². The molecule has 3 nitrogen and oxygen atoms in total. The van der Waals surface area contributed by atoms with E-state index in [2.05, 4.69) is 5.32 Å². The van der Waals surface area contributed by atoms with E-state index in [0.717, 1.165) is 36.3 Å². The highest BCUT2D eigenvalue weighted by atomic mass is 32.2. The minimum Gasteiger partial charge on any atom is -0.325 e. The van der Waals surface area contributed by atoms with E-state index in [9.17, 15) is 9.59 Å². The highest BCUT2D eigenvalue weighted by Gasteiger charge is 2.23. The number of benzene rings is 1. The van der Waals surface area contributed by atoms with Crippen molar-refractivity contribution in [3.05, 3.63) is 24.3 Å². The fraction of sp³-hybridized carbons (Fsp3) is 0.500. The van der Waals surface area contributed by atoms with Crippen LogP contribution in [0.2, 0.25) is 0 Å². The summed E-state index contributed by atoms with van der Waals surface area (Å²) < 4.78 is 0. The van der Waals surface area contributed by atoms with Crippen LogP contribution in [-0.4, -0.2) is 11.0 Å². The van der Waals surface area contributed by atoms with E-state index in [0.29, 0.717) is 0 Å². The third-order valence-corrected chi connectivity index (χ3v) is 4.80. The number of hydrogen-bond acceptors (Lipinski definition) is 3. The second-order valence-corrected chi connectivity index (χ2v) is 6.59. The lowest BCUT2D eigenvalue weighted by atomic mass is 10.1. The minimum atomic E-state index is -0.0152. The van der Waals surface area contributed by atoms with E-state index in [1.54, 1.807) is 0 Å². The van der Waals surface area contributed by atoms with Crippen molar-refractivity contribution in [2.75, 3.05) is 5.32 Å². The number of thioether (sulfide) groups is 1. The van der Waals surface area contributed by atoms with Crippen LogP contribution in [0.5, 0.6) is 0 Å². The number of nitrogens with one attached hydrogen (secondary N) is 1. The Labute approximate surface area is 124 Å². The number of carbonyl (C=O) groups is 2. The Balaban J connectivity index is 2.07. The first-order chi connectivity index (χ1) is 9.58. The fourth-order valence-electron chi connectivity index (χ4n) is 2.31. The van der Waals surface area contributed by atoms with Gasteiger partial charge in [0.1, 0.15) is 0 Å². The summed E-state index contributed by atoms with van der Waals surface area (Å²) in [7, 11) is 0. The molecule has 0 unspecified atom stereocenters. The summed E-state index contributed by atoms with van der Waals surface area (Å²) in [4.78, 5) is 24.9. The first kappa shape index (κ1) is 15.1. The molecule has 1 aromatic rings. The normalized spacial score (nSPS) is 15.6. The molecule has 0 atom stereocenters. The van der Waals surface area contributed by atoms with Gasteiger partial charge >= 0.3 is 0 Å². The molecule has 1 N–H and O–H groups in total. The smallest absolute Gasteiger partial charge is 0.227 e. The number of para-hydroxylation sites is 1. The van der Waals surface area contributed by atoms with Crippen LogP contribution in [-0.2, 0) is 9.59 Å². The molecular formula is C16H21NO2S. The van der Waals surface area contributed by atoms with Gasteiger partial charge in [0, 0.05) is 16.7 Å². The van der Waals surface area contributed by atoms with E-state index < -0.39 is 0 Å². The van der Waals surface area contributed by atoms with Gasteiger partial charge in [0.15, 0.2) is 5.12 Å². The first-order valence-electron chi connectivity index (χ1n) is 7.19. The van der Waals surface area contributed by atoms with E-state index in [1.165, 1.54) is 11.8 Å². The second kappa shape index (κ2) is 6.93. The van der Waals surface area contributed by atoms with Crippen molar-refractivity contribution in [3.8, 4) is 0 Å². The van der Waals surface area contributed by atoms with Crippen LogP contribution in [0, 0.1) is 11.8 Å². The largest absolute Gasteiger partial charge is 0.325 e. The monoisotopic (exact) mass is 291 g/mol. The summed E-state index contributed by atoms with van der Waals surface area (Å²) in [5.41, 5.74) is 0.753. The third-order valence-electron chi connectivity index (χ3n) is 3.55. The van der Waals surface area contributed by atoms with Crippen molar-refractivity contribution in [2.24, 2.45) is 11.8 Å². The molecule has 20 heavy (non-hydrogen) atoms. The molecule has 0 radical (unpaired) electrons. The minimum absolute atomic E-state index is 0.0152. The Kier molecular flexibility index (Phi) is 5.24. The zero-order chi connectivity index (χ0) is 14.5. The van der Waals surface area contributed by atoms with Crippen molar-refractivity contribution in [2.45, 2.75) is 44.4 Å². The average molecular weight is 291 g/mol. The molecule has 0 aromatic heterocycles. The third kappa shape index (κ3) is 3.85. The Morgan fingerprint density at radius 1 is 1.20 bits per heavy atom. The molecule has 1 fully saturated rings. The molecule has 1 aliphatic rings. The van der Waals surface area contributed by atoms with Crippen molar-refractivity contribution in [3.63, 3.8) is 0 Å². The van der Waals surface area contributed by atoms with Gasteiger partial charge in [-0.2, -0.15) is 0 Å². The van der Waals surface area contributed by atoms with E-state index in [-0.39, 0.29) is 22.9 Å². The molecule has 1 aliphatic carbocycles. The van der Waals surface area contributed by atoms with Gasteiger partial charge in [-0.3, -0.25) is 9.59 Å². The molecule has 1 aromatic carbocycles. The molecule has 0 spiro atoms. The molecule has 1 saturated carbocycles.